The van der Waals surface area contributed by atoms with Crippen molar-refractivity contribution in [2.24, 2.45) is 0 Å². The average Bonchev–Trinajstić information content (AvgIpc) is 2.82. The first kappa shape index (κ1) is 11.8. The van der Waals surface area contributed by atoms with E-state index >= 15 is 0 Å². The molecule has 0 spiro atoms. The Morgan fingerprint density at radius 2 is 1.89 bits per heavy atom. The quantitative estimate of drug-likeness (QED) is 0.719. The van der Waals surface area contributed by atoms with Crippen molar-refractivity contribution in [3.63, 3.8) is 0 Å². The first-order valence-corrected chi connectivity index (χ1v) is 6.46. The minimum Gasteiger partial charge on any atom is -0.249 e. The van der Waals surface area contributed by atoms with Crippen LogP contribution in [0.5, 0.6) is 0 Å². The predicted molar refractivity (Wildman–Crippen MR) is 75.0 cm³/mol. The SMILES string of the molecule is CC(C)c1cnc2cnn(Cc3ccccc3)c2n1. The summed E-state index contributed by atoms with van der Waals surface area (Å²) < 4.78 is 1.91. The summed E-state index contributed by atoms with van der Waals surface area (Å²) in [5.41, 5.74) is 3.92. The summed E-state index contributed by atoms with van der Waals surface area (Å²) in [5.74, 6) is 0.372. The first-order chi connectivity index (χ1) is 9.24. The maximum Gasteiger partial charge on any atom is 0.177 e. The molecule has 0 unspecified atom stereocenters. The first-order valence-electron chi connectivity index (χ1n) is 6.46. The third kappa shape index (κ3) is 2.34. The number of aromatic nitrogens is 4. The normalized spacial score (nSPS) is 11.3. The lowest BCUT2D eigenvalue weighted by atomic mass is 10.1. The van der Waals surface area contributed by atoms with E-state index in [4.69, 9.17) is 0 Å². The summed E-state index contributed by atoms with van der Waals surface area (Å²) in [6, 6.07) is 10.3. The highest BCUT2D eigenvalue weighted by Crippen LogP contribution is 2.15. The van der Waals surface area contributed by atoms with Crippen molar-refractivity contribution >= 4 is 11.2 Å². The fourth-order valence-corrected chi connectivity index (χ4v) is 2.01. The molecule has 2 heterocycles. The van der Waals surface area contributed by atoms with E-state index in [9.17, 15) is 0 Å². The molecule has 0 aliphatic heterocycles. The van der Waals surface area contributed by atoms with E-state index in [-0.39, 0.29) is 0 Å². The summed E-state index contributed by atoms with van der Waals surface area (Å²) in [6.45, 7) is 4.96. The molecular formula is C15H16N4. The molecule has 0 fully saturated rings. The molecule has 19 heavy (non-hydrogen) atoms. The molecule has 0 aliphatic rings. The predicted octanol–water partition coefficient (Wildman–Crippen LogP) is 3.00. The van der Waals surface area contributed by atoms with Crippen molar-refractivity contribution in [1.82, 2.24) is 19.7 Å². The summed E-state index contributed by atoms with van der Waals surface area (Å²) in [7, 11) is 0. The van der Waals surface area contributed by atoms with Crippen LogP contribution in [0.3, 0.4) is 0 Å². The van der Waals surface area contributed by atoms with Crippen molar-refractivity contribution in [2.45, 2.75) is 26.3 Å². The minimum absolute atomic E-state index is 0.372. The van der Waals surface area contributed by atoms with Gasteiger partial charge in [0.1, 0.15) is 5.52 Å². The van der Waals surface area contributed by atoms with Crippen molar-refractivity contribution in [3.8, 4) is 0 Å². The van der Waals surface area contributed by atoms with Crippen molar-refractivity contribution in [3.05, 3.63) is 54.0 Å². The van der Waals surface area contributed by atoms with Crippen LogP contribution < -0.4 is 0 Å². The second-order valence-corrected chi connectivity index (χ2v) is 4.95. The van der Waals surface area contributed by atoms with Crippen LogP contribution in [0.2, 0.25) is 0 Å². The van der Waals surface area contributed by atoms with E-state index in [1.54, 1.807) is 6.20 Å². The molecule has 4 nitrogen and oxygen atoms in total. The van der Waals surface area contributed by atoms with Crippen LogP contribution in [0.25, 0.3) is 11.2 Å². The Labute approximate surface area is 112 Å². The van der Waals surface area contributed by atoms with Gasteiger partial charge in [0.25, 0.3) is 0 Å². The molecule has 0 aliphatic carbocycles. The number of nitrogens with zero attached hydrogens (tertiary/aromatic N) is 4. The molecule has 1 aromatic carbocycles. The van der Waals surface area contributed by atoms with Gasteiger partial charge in [0.15, 0.2) is 5.65 Å². The molecular weight excluding hydrogens is 236 g/mol. The van der Waals surface area contributed by atoms with Gasteiger partial charge in [-0.15, -0.1) is 0 Å². The van der Waals surface area contributed by atoms with E-state index < -0.39 is 0 Å². The van der Waals surface area contributed by atoms with E-state index in [1.807, 2.05) is 29.1 Å². The lowest BCUT2D eigenvalue weighted by Crippen LogP contribution is -2.04. The van der Waals surface area contributed by atoms with Crippen LogP contribution in [0.1, 0.15) is 31.0 Å². The fourth-order valence-electron chi connectivity index (χ4n) is 2.01. The fraction of sp³-hybridized carbons (Fsp3) is 0.267. The smallest absolute Gasteiger partial charge is 0.177 e. The maximum atomic E-state index is 4.67. The molecule has 0 amide bonds. The molecule has 0 saturated carbocycles. The second kappa shape index (κ2) is 4.80. The molecule has 0 N–H and O–H groups in total. The van der Waals surface area contributed by atoms with Crippen LogP contribution in [0, 0.1) is 0 Å². The molecule has 4 heteroatoms. The van der Waals surface area contributed by atoms with E-state index in [0.29, 0.717) is 5.92 Å². The number of rotatable bonds is 3. The molecule has 0 radical (unpaired) electrons. The zero-order valence-corrected chi connectivity index (χ0v) is 11.1. The van der Waals surface area contributed by atoms with Gasteiger partial charge in [0.05, 0.1) is 18.4 Å². The lowest BCUT2D eigenvalue weighted by Gasteiger charge is -2.06. The summed E-state index contributed by atoms with van der Waals surface area (Å²) in [5, 5.41) is 4.38. The van der Waals surface area contributed by atoms with Gasteiger partial charge in [-0.3, -0.25) is 0 Å². The summed E-state index contributed by atoms with van der Waals surface area (Å²) in [6.07, 6.45) is 3.61. The standard InChI is InChI=1S/C15H16N4/c1-11(2)13-8-16-14-9-17-19(15(14)18-13)10-12-6-4-3-5-7-12/h3-9,11H,10H2,1-2H3. The third-order valence-electron chi connectivity index (χ3n) is 3.13. The van der Waals surface area contributed by atoms with Crippen LogP contribution in [-0.4, -0.2) is 19.7 Å². The van der Waals surface area contributed by atoms with Gasteiger partial charge in [0.2, 0.25) is 0 Å². The molecule has 0 atom stereocenters. The van der Waals surface area contributed by atoms with Gasteiger partial charge in [0, 0.05) is 6.20 Å². The van der Waals surface area contributed by atoms with E-state index in [0.717, 1.165) is 23.4 Å². The number of hydrogen-bond donors (Lipinski definition) is 0. The average molecular weight is 252 g/mol. The largest absolute Gasteiger partial charge is 0.249 e. The Balaban J connectivity index is 2.02. The highest BCUT2D eigenvalue weighted by atomic mass is 15.3. The van der Waals surface area contributed by atoms with Gasteiger partial charge in [-0.2, -0.15) is 5.10 Å². The Morgan fingerprint density at radius 3 is 2.63 bits per heavy atom. The molecule has 3 aromatic rings. The molecule has 0 saturated heterocycles. The van der Waals surface area contributed by atoms with Crippen molar-refractivity contribution in [1.29, 1.82) is 0 Å². The van der Waals surface area contributed by atoms with Crippen LogP contribution >= 0.6 is 0 Å². The highest BCUT2D eigenvalue weighted by molar-refractivity contribution is 5.69. The molecule has 3 rings (SSSR count). The molecule has 0 bridgehead atoms. The maximum absolute atomic E-state index is 4.67. The van der Waals surface area contributed by atoms with Crippen molar-refractivity contribution < 1.29 is 0 Å². The third-order valence-corrected chi connectivity index (χ3v) is 3.13. The number of fused-ring (bicyclic) bond motifs is 1. The second-order valence-electron chi connectivity index (χ2n) is 4.95. The highest BCUT2D eigenvalue weighted by Gasteiger charge is 2.09. The van der Waals surface area contributed by atoms with Crippen molar-refractivity contribution in [2.75, 3.05) is 0 Å². The Bertz CT molecular complexity index is 686. The zero-order valence-electron chi connectivity index (χ0n) is 11.1. The van der Waals surface area contributed by atoms with E-state index in [1.165, 1.54) is 5.56 Å². The van der Waals surface area contributed by atoms with Crippen LogP contribution in [-0.2, 0) is 6.54 Å². The Hall–Kier alpha value is -2.23. The van der Waals surface area contributed by atoms with Gasteiger partial charge < -0.3 is 0 Å². The van der Waals surface area contributed by atoms with Gasteiger partial charge in [-0.1, -0.05) is 44.2 Å². The topological polar surface area (TPSA) is 43.6 Å². The summed E-state index contributed by atoms with van der Waals surface area (Å²) >= 11 is 0. The van der Waals surface area contributed by atoms with Crippen LogP contribution in [0.4, 0.5) is 0 Å². The van der Waals surface area contributed by atoms with Gasteiger partial charge in [-0.25, -0.2) is 14.6 Å². The monoisotopic (exact) mass is 252 g/mol. The van der Waals surface area contributed by atoms with E-state index in [2.05, 4.69) is 41.0 Å². The van der Waals surface area contributed by atoms with Gasteiger partial charge >= 0.3 is 0 Å². The lowest BCUT2D eigenvalue weighted by molar-refractivity contribution is 0.698. The number of benzene rings is 1. The van der Waals surface area contributed by atoms with Gasteiger partial charge in [-0.05, 0) is 11.5 Å². The number of hydrogen-bond acceptors (Lipinski definition) is 3. The minimum atomic E-state index is 0.372. The van der Waals surface area contributed by atoms with Crippen LogP contribution in [0.15, 0.2) is 42.7 Å². The molecule has 2 aromatic heterocycles. The zero-order chi connectivity index (χ0) is 13.2. The Morgan fingerprint density at radius 1 is 1.11 bits per heavy atom. The molecule has 96 valence electrons. The summed E-state index contributed by atoms with van der Waals surface area (Å²) in [4.78, 5) is 9.09. The Kier molecular flexibility index (Phi) is 2.99.